The molecule has 0 saturated heterocycles. The first kappa shape index (κ1) is 24.1. The highest BCUT2D eigenvalue weighted by Gasteiger charge is 2.50. The van der Waals surface area contributed by atoms with Gasteiger partial charge in [0, 0.05) is 11.0 Å². The summed E-state index contributed by atoms with van der Waals surface area (Å²) in [7, 11) is 0. The standard InChI is InChI=1S/C27H43N3O/c1-19-10-13-23(29-30-28)18-22(19)12-11-21-9-7-17-27(5)24(14-15-25(21)27)20(2)8-6-16-26(3,4)31/h11-12,20,23-25,31H,1,6-10,13-18H2,2-5H3/b21-11+,22-12-/t20-,23?,24-,25+,27-/m1/s1. The molecule has 0 aromatic rings. The Morgan fingerprint density at radius 2 is 2.06 bits per heavy atom. The van der Waals surface area contributed by atoms with Crippen molar-refractivity contribution < 1.29 is 5.11 Å². The summed E-state index contributed by atoms with van der Waals surface area (Å²) in [5, 5.41) is 14.0. The first-order chi connectivity index (χ1) is 14.6. The maximum Gasteiger partial charge on any atom is 0.0591 e. The number of hydrogen-bond acceptors (Lipinski definition) is 2. The number of hydrogen-bond donors (Lipinski definition) is 1. The molecule has 0 aromatic carbocycles. The van der Waals surface area contributed by atoms with E-state index >= 15 is 0 Å². The van der Waals surface area contributed by atoms with E-state index in [-0.39, 0.29) is 6.04 Å². The van der Waals surface area contributed by atoms with Crippen LogP contribution in [0.2, 0.25) is 0 Å². The first-order valence-corrected chi connectivity index (χ1v) is 12.5. The predicted molar refractivity (Wildman–Crippen MR) is 130 cm³/mol. The molecule has 3 fully saturated rings. The van der Waals surface area contributed by atoms with Crippen LogP contribution in [0.15, 0.2) is 40.6 Å². The van der Waals surface area contributed by atoms with Gasteiger partial charge in [-0.3, -0.25) is 0 Å². The number of aliphatic hydroxyl groups is 1. The van der Waals surface area contributed by atoms with Crippen LogP contribution in [0.25, 0.3) is 10.4 Å². The van der Waals surface area contributed by atoms with Gasteiger partial charge in [0.1, 0.15) is 0 Å². The summed E-state index contributed by atoms with van der Waals surface area (Å²) in [5.74, 6) is 2.21. The highest BCUT2D eigenvalue weighted by molar-refractivity contribution is 5.36. The van der Waals surface area contributed by atoms with Crippen LogP contribution in [-0.2, 0) is 0 Å². The Morgan fingerprint density at radius 3 is 2.77 bits per heavy atom. The van der Waals surface area contributed by atoms with Crippen molar-refractivity contribution in [1.82, 2.24) is 0 Å². The van der Waals surface area contributed by atoms with Crippen molar-refractivity contribution in [3.05, 3.63) is 45.9 Å². The molecule has 0 amide bonds. The number of fused-ring (bicyclic) bond motifs is 1. The lowest BCUT2D eigenvalue weighted by atomic mass is 9.60. The molecule has 4 nitrogen and oxygen atoms in total. The minimum atomic E-state index is -0.545. The normalized spacial score (nSPS) is 35.1. The van der Waals surface area contributed by atoms with Crippen molar-refractivity contribution >= 4 is 0 Å². The van der Waals surface area contributed by atoms with Crippen molar-refractivity contribution in [2.75, 3.05) is 0 Å². The lowest BCUT2D eigenvalue weighted by molar-refractivity contribution is 0.0597. The molecule has 31 heavy (non-hydrogen) atoms. The molecule has 3 saturated carbocycles. The predicted octanol–water partition coefficient (Wildman–Crippen LogP) is 8.05. The van der Waals surface area contributed by atoms with Gasteiger partial charge in [-0.25, -0.2) is 0 Å². The second-order valence-corrected chi connectivity index (χ2v) is 11.4. The van der Waals surface area contributed by atoms with E-state index < -0.39 is 5.60 Å². The molecule has 0 spiro atoms. The van der Waals surface area contributed by atoms with Gasteiger partial charge in [-0.1, -0.05) is 61.7 Å². The second-order valence-electron chi connectivity index (χ2n) is 11.4. The molecule has 4 heteroatoms. The molecule has 0 bridgehead atoms. The van der Waals surface area contributed by atoms with E-state index in [2.05, 4.69) is 42.6 Å². The molecule has 5 atom stereocenters. The molecule has 0 aliphatic heterocycles. The number of allylic oxidation sites excluding steroid dienone is 4. The van der Waals surface area contributed by atoms with E-state index in [1.807, 2.05) is 13.8 Å². The minimum absolute atomic E-state index is 0.0809. The lowest BCUT2D eigenvalue weighted by Crippen LogP contribution is -2.36. The lowest BCUT2D eigenvalue weighted by Gasteiger charge is -2.44. The van der Waals surface area contributed by atoms with Crippen LogP contribution in [0.1, 0.15) is 98.3 Å². The average Bonchev–Trinajstić information content (AvgIpc) is 3.05. The van der Waals surface area contributed by atoms with E-state index in [4.69, 9.17) is 5.53 Å². The number of rotatable bonds is 7. The number of azide groups is 1. The van der Waals surface area contributed by atoms with Gasteiger partial charge in [-0.15, -0.1) is 0 Å². The van der Waals surface area contributed by atoms with Gasteiger partial charge in [-0.2, -0.15) is 0 Å². The molecular formula is C27H43N3O. The van der Waals surface area contributed by atoms with E-state index in [1.165, 1.54) is 49.7 Å². The third kappa shape index (κ3) is 5.84. The van der Waals surface area contributed by atoms with E-state index in [1.54, 1.807) is 5.57 Å². The molecule has 3 aliphatic carbocycles. The summed E-state index contributed by atoms with van der Waals surface area (Å²) in [6, 6.07) is 0.0809. The molecule has 172 valence electrons. The monoisotopic (exact) mass is 425 g/mol. The van der Waals surface area contributed by atoms with Gasteiger partial charge >= 0.3 is 0 Å². The van der Waals surface area contributed by atoms with Gasteiger partial charge < -0.3 is 5.11 Å². The summed E-state index contributed by atoms with van der Waals surface area (Å²) >= 11 is 0. The molecule has 0 heterocycles. The molecule has 1 N–H and O–H groups in total. The van der Waals surface area contributed by atoms with Gasteiger partial charge in [0.05, 0.1) is 5.60 Å². The van der Waals surface area contributed by atoms with E-state index in [0.717, 1.165) is 43.9 Å². The van der Waals surface area contributed by atoms with Crippen molar-refractivity contribution in [3.63, 3.8) is 0 Å². The zero-order valence-corrected chi connectivity index (χ0v) is 20.2. The fourth-order valence-corrected chi connectivity index (χ4v) is 6.84. The molecule has 1 unspecified atom stereocenters. The Balaban J connectivity index is 1.70. The SMILES string of the molecule is C=C1CCC(N=[N+]=[N-])C/C1=C/C=C1\CCC[C@]2(C)[C@@H]([C@H](C)CCCC(C)(C)O)CC[C@@H]12. The Morgan fingerprint density at radius 1 is 1.29 bits per heavy atom. The maximum atomic E-state index is 10.1. The fraction of sp³-hybridized carbons (Fsp3) is 0.778. The smallest absolute Gasteiger partial charge is 0.0591 e. The summed E-state index contributed by atoms with van der Waals surface area (Å²) in [6.07, 6.45) is 17.1. The van der Waals surface area contributed by atoms with Crippen LogP contribution in [0.3, 0.4) is 0 Å². The molecule has 3 rings (SSSR count). The second kappa shape index (κ2) is 9.96. The van der Waals surface area contributed by atoms with Gasteiger partial charge in [0.25, 0.3) is 0 Å². The fourth-order valence-electron chi connectivity index (χ4n) is 6.84. The Bertz CT molecular complexity index is 768. The largest absolute Gasteiger partial charge is 0.390 e. The van der Waals surface area contributed by atoms with E-state index in [0.29, 0.717) is 11.3 Å². The quantitative estimate of drug-likeness (QED) is 0.250. The van der Waals surface area contributed by atoms with Crippen LogP contribution in [0.5, 0.6) is 0 Å². The van der Waals surface area contributed by atoms with Crippen molar-refractivity contribution in [2.45, 2.75) is 110 Å². The van der Waals surface area contributed by atoms with Crippen molar-refractivity contribution in [1.29, 1.82) is 0 Å². The summed E-state index contributed by atoms with van der Waals surface area (Å²) in [6.45, 7) is 13.1. The van der Waals surface area contributed by atoms with Crippen LogP contribution in [-0.4, -0.2) is 16.7 Å². The third-order valence-electron chi connectivity index (χ3n) is 8.58. The minimum Gasteiger partial charge on any atom is -0.390 e. The zero-order chi connectivity index (χ0) is 22.6. The van der Waals surface area contributed by atoms with Crippen molar-refractivity contribution in [2.24, 2.45) is 28.3 Å². The van der Waals surface area contributed by atoms with Crippen LogP contribution >= 0.6 is 0 Å². The van der Waals surface area contributed by atoms with Gasteiger partial charge in [-0.05, 0) is 106 Å². The maximum absolute atomic E-state index is 10.1. The molecule has 0 radical (unpaired) electrons. The third-order valence-corrected chi connectivity index (χ3v) is 8.58. The molecule has 3 aliphatic rings. The van der Waals surface area contributed by atoms with Gasteiger partial charge in [0.15, 0.2) is 0 Å². The number of nitrogens with zero attached hydrogens (tertiary/aromatic N) is 3. The summed E-state index contributed by atoms with van der Waals surface area (Å²) < 4.78 is 0. The van der Waals surface area contributed by atoms with Crippen LogP contribution in [0, 0.1) is 23.2 Å². The summed E-state index contributed by atoms with van der Waals surface area (Å²) in [5.41, 5.74) is 12.8. The van der Waals surface area contributed by atoms with E-state index in [9.17, 15) is 5.11 Å². The van der Waals surface area contributed by atoms with Gasteiger partial charge in [0.2, 0.25) is 0 Å². The van der Waals surface area contributed by atoms with Crippen LogP contribution < -0.4 is 0 Å². The molecule has 0 aromatic heterocycles. The Labute approximate surface area is 189 Å². The van der Waals surface area contributed by atoms with Crippen molar-refractivity contribution in [3.8, 4) is 0 Å². The topological polar surface area (TPSA) is 69.0 Å². The zero-order valence-electron chi connectivity index (χ0n) is 20.2. The highest BCUT2D eigenvalue weighted by atomic mass is 16.3. The Kier molecular flexibility index (Phi) is 7.76. The Hall–Kier alpha value is -1.51. The average molecular weight is 426 g/mol. The van der Waals surface area contributed by atoms with Crippen LogP contribution in [0.4, 0.5) is 0 Å². The summed E-state index contributed by atoms with van der Waals surface area (Å²) in [4.78, 5) is 3.02. The molecular weight excluding hydrogens is 382 g/mol. The first-order valence-electron chi connectivity index (χ1n) is 12.5. The highest BCUT2D eigenvalue weighted by Crippen LogP contribution is 2.60.